The van der Waals surface area contributed by atoms with Gasteiger partial charge in [-0.2, -0.15) is 18.0 Å². The first-order valence-electron chi connectivity index (χ1n) is 4.78. The molecule has 1 N–H and O–H groups in total. The number of hydrogen-bond donors (Lipinski definition) is 1. The Morgan fingerprint density at radius 3 is 2.67 bits per heavy atom. The summed E-state index contributed by atoms with van der Waals surface area (Å²) in [5.74, 6) is -0.319. The quantitative estimate of drug-likeness (QED) is 0.697. The minimum Gasteiger partial charge on any atom is -0.379 e. The van der Waals surface area contributed by atoms with Crippen LogP contribution in [-0.4, -0.2) is 45.6 Å². The van der Waals surface area contributed by atoms with E-state index in [4.69, 9.17) is 10.00 Å². The van der Waals surface area contributed by atoms with E-state index in [2.05, 4.69) is 4.72 Å². The molecule has 15 heavy (non-hydrogen) atoms. The summed E-state index contributed by atoms with van der Waals surface area (Å²) >= 11 is 0. The molecule has 0 aliphatic carbocycles. The van der Waals surface area contributed by atoms with Crippen molar-refractivity contribution < 1.29 is 13.2 Å². The maximum absolute atomic E-state index is 11.7. The molecule has 0 radical (unpaired) electrons. The lowest BCUT2D eigenvalue weighted by atomic mass is 10.2. The smallest absolute Gasteiger partial charge is 0.279 e. The van der Waals surface area contributed by atoms with Gasteiger partial charge in [0.2, 0.25) is 0 Å². The first-order chi connectivity index (χ1) is 7.06. The molecule has 0 bridgehead atoms. The highest BCUT2D eigenvalue weighted by molar-refractivity contribution is 7.87. The number of ether oxygens (including phenoxy) is 1. The number of hydrogen-bond acceptors (Lipinski definition) is 4. The third kappa shape index (κ3) is 3.76. The number of nitrogens with one attached hydrogen (secondary N) is 1. The maximum Gasteiger partial charge on any atom is 0.279 e. The van der Waals surface area contributed by atoms with Gasteiger partial charge in [0.1, 0.15) is 0 Å². The summed E-state index contributed by atoms with van der Waals surface area (Å²) in [6.07, 6.45) is 0. The molecule has 6 nitrogen and oxygen atoms in total. The van der Waals surface area contributed by atoms with Gasteiger partial charge in [0.25, 0.3) is 10.2 Å². The molecule has 1 aliphatic rings. The summed E-state index contributed by atoms with van der Waals surface area (Å²) in [6, 6.07) is 1.97. The van der Waals surface area contributed by atoms with E-state index in [-0.39, 0.29) is 12.5 Å². The van der Waals surface area contributed by atoms with Crippen LogP contribution in [-0.2, 0) is 14.9 Å². The molecule has 0 spiro atoms. The molecule has 0 aromatic rings. The molecule has 0 aromatic heterocycles. The van der Waals surface area contributed by atoms with Gasteiger partial charge < -0.3 is 4.74 Å². The van der Waals surface area contributed by atoms with Crippen molar-refractivity contribution in [2.24, 2.45) is 5.92 Å². The van der Waals surface area contributed by atoms with Crippen molar-refractivity contribution in [1.29, 1.82) is 5.26 Å². The van der Waals surface area contributed by atoms with Crippen molar-refractivity contribution in [2.75, 3.05) is 32.8 Å². The first kappa shape index (κ1) is 12.4. The van der Waals surface area contributed by atoms with E-state index >= 15 is 0 Å². The summed E-state index contributed by atoms with van der Waals surface area (Å²) < 4.78 is 32.1. The molecule has 7 heteroatoms. The van der Waals surface area contributed by atoms with Crippen LogP contribution in [0.1, 0.15) is 6.92 Å². The van der Waals surface area contributed by atoms with Crippen molar-refractivity contribution in [3.05, 3.63) is 0 Å². The second-order valence-corrected chi connectivity index (χ2v) is 5.15. The molecular formula is C8H15N3O3S. The third-order valence-electron chi connectivity index (χ3n) is 2.10. The van der Waals surface area contributed by atoms with Crippen LogP contribution < -0.4 is 4.72 Å². The molecule has 0 saturated carbocycles. The van der Waals surface area contributed by atoms with Crippen LogP contribution in [0.15, 0.2) is 0 Å². The van der Waals surface area contributed by atoms with Crippen LogP contribution in [0, 0.1) is 17.2 Å². The van der Waals surface area contributed by atoms with Crippen molar-refractivity contribution >= 4 is 10.2 Å². The second-order valence-electron chi connectivity index (χ2n) is 3.40. The number of rotatable bonds is 4. The minimum atomic E-state index is -3.44. The topological polar surface area (TPSA) is 82.4 Å². The predicted molar refractivity (Wildman–Crippen MR) is 54.1 cm³/mol. The molecule has 1 rings (SSSR count). The van der Waals surface area contributed by atoms with Crippen molar-refractivity contribution in [2.45, 2.75) is 6.92 Å². The molecule has 0 aromatic carbocycles. The Labute approximate surface area is 90.0 Å². The summed E-state index contributed by atoms with van der Waals surface area (Å²) in [5, 5.41) is 8.52. The van der Waals surface area contributed by atoms with Gasteiger partial charge in [-0.05, 0) is 6.92 Å². The number of morpholine rings is 1. The highest BCUT2D eigenvalue weighted by atomic mass is 32.2. The van der Waals surface area contributed by atoms with E-state index in [0.29, 0.717) is 26.3 Å². The Morgan fingerprint density at radius 2 is 2.13 bits per heavy atom. The number of nitriles is 1. The summed E-state index contributed by atoms with van der Waals surface area (Å²) in [4.78, 5) is 0. The first-order valence-corrected chi connectivity index (χ1v) is 6.22. The Balaban J connectivity index is 2.47. The zero-order valence-electron chi connectivity index (χ0n) is 8.64. The fourth-order valence-corrected chi connectivity index (χ4v) is 2.43. The Morgan fingerprint density at radius 1 is 1.53 bits per heavy atom. The van der Waals surface area contributed by atoms with Crippen LogP contribution in [0.25, 0.3) is 0 Å². The molecule has 86 valence electrons. The van der Waals surface area contributed by atoms with E-state index in [9.17, 15) is 8.42 Å². The van der Waals surface area contributed by atoms with E-state index in [1.807, 2.05) is 6.07 Å². The van der Waals surface area contributed by atoms with E-state index < -0.39 is 10.2 Å². The van der Waals surface area contributed by atoms with Crippen molar-refractivity contribution in [3.8, 4) is 6.07 Å². The number of nitrogens with zero attached hydrogens (tertiary/aromatic N) is 2. The molecule has 1 unspecified atom stereocenters. The van der Waals surface area contributed by atoms with Crippen LogP contribution in [0.4, 0.5) is 0 Å². The summed E-state index contributed by atoms with van der Waals surface area (Å²) in [7, 11) is -3.44. The SMILES string of the molecule is CC(C#N)CNS(=O)(=O)N1CCOCC1. The van der Waals surface area contributed by atoms with E-state index in [1.165, 1.54) is 4.31 Å². The Bertz CT molecular complexity index is 330. The van der Waals surface area contributed by atoms with E-state index in [1.54, 1.807) is 6.92 Å². The molecular weight excluding hydrogens is 218 g/mol. The van der Waals surface area contributed by atoms with Crippen molar-refractivity contribution in [1.82, 2.24) is 9.03 Å². The molecule has 0 amide bonds. The van der Waals surface area contributed by atoms with Gasteiger partial charge in [0, 0.05) is 19.6 Å². The second kappa shape index (κ2) is 5.42. The van der Waals surface area contributed by atoms with Gasteiger partial charge in [-0.3, -0.25) is 0 Å². The lowest BCUT2D eigenvalue weighted by molar-refractivity contribution is 0.0725. The average molecular weight is 233 g/mol. The van der Waals surface area contributed by atoms with Gasteiger partial charge in [-0.1, -0.05) is 0 Å². The zero-order valence-corrected chi connectivity index (χ0v) is 9.46. The fraction of sp³-hybridized carbons (Fsp3) is 0.875. The monoisotopic (exact) mass is 233 g/mol. The third-order valence-corrected chi connectivity index (χ3v) is 3.68. The molecule has 1 heterocycles. The van der Waals surface area contributed by atoms with Gasteiger partial charge >= 0.3 is 0 Å². The fourth-order valence-electron chi connectivity index (χ4n) is 1.15. The van der Waals surface area contributed by atoms with Crippen LogP contribution >= 0.6 is 0 Å². The lowest BCUT2D eigenvalue weighted by Crippen LogP contribution is -2.47. The summed E-state index contributed by atoms with van der Waals surface area (Å²) in [5.41, 5.74) is 0. The Kier molecular flexibility index (Phi) is 4.47. The van der Waals surface area contributed by atoms with Gasteiger partial charge in [-0.15, -0.1) is 0 Å². The minimum absolute atomic E-state index is 0.149. The zero-order chi connectivity index (χ0) is 11.3. The molecule has 1 saturated heterocycles. The van der Waals surface area contributed by atoms with Gasteiger partial charge in [0.05, 0.1) is 25.2 Å². The molecule has 1 atom stereocenters. The predicted octanol–water partition coefficient (Wildman–Crippen LogP) is -0.687. The lowest BCUT2D eigenvalue weighted by Gasteiger charge is -2.26. The highest BCUT2D eigenvalue weighted by Crippen LogP contribution is 2.03. The summed E-state index contributed by atoms with van der Waals surface area (Å²) in [6.45, 7) is 3.41. The molecule has 1 fully saturated rings. The molecule has 1 aliphatic heterocycles. The largest absolute Gasteiger partial charge is 0.379 e. The van der Waals surface area contributed by atoms with Crippen LogP contribution in [0.3, 0.4) is 0 Å². The van der Waals surface area contributed by atoms with E-state index in [0.717, 1.165) is 0 Å². The van der Waals surface area contributed by atoms with Crippen LogP contribution in [0.2, 0.25) is 0 Å². The van der Waals surface area contributed by atoms with Gasteiger partial charge in [0.15, 0.2) is 0 Å². The van der Waals surface area contributed by atoms with Gasteiger partial charge in [-0.25, -0.2) is 4.72 Å². The van der Waals surface area contributed by atoms with Crippen molar-refractivity contribution in [3.63, 3.8) is 0 Å². The average Bonchev–Trinajstić information content (AvgIpc) is 2.27. The normalized spacial score (nSPS) is 20.8. The van der Waals surface area contributed by atoms with Crippen LogP contribution in [0.5, 0.6) is 0 Å². The highest BCUT2D eigenvalue weighted by Gasteiger charge is 2.23. The maximum atomic E-state index is 11.7. The standard InChI is InChI=1S/C8H15N3O3S/c1-8(6-9)7-10-15(12,13)11-2-4-14-5-3-11/h8,10H,2-5,7H2,1H3. The Hall–Kier alpha value is -0.680.